The minimum Gasteiger partial charge on any atom is -0.389 e. The molecule has 2 aromatic rings. The fraction of sp³-hybridized carbons (Fsp3) is 0.600. The molecule has 5 nitrogen and oxygen atoms in total. The monoisotopic (exact) mass is 341 g/mol. The van der Waals surface area contributed by atoms with Crippen LogP contribution in [-0.2, 0) is 0 Å². The summed E-state index contributed by atoms with van der Waals surface area (Å²) in [6.07, 6.45) is 7.55. The van der Waals surface area contributed by atoms with E-state index in [1.54, 1.807) is 0 Å². The van der Waals surface area contributed by atoms with Crippen LogP contribution in [0.1, 0.15) is 56.8 Å². The maximum absolute atomic E-state index is 10.8. The highest BCUT2D eigenvalue weighted by molar-refractivity contribution is 5.53. The molecule has 1 aliphatic heterocycles. The Hall–Kier alpha value is -1.72. The number of aromatic nitrogens is 2. The molecule has 0 spiro atoms. The van der Waals surface area contributed by atoms with Gasteiger partial charge in [0.15, 0.2) is 0 Å². The zero-order valence-electron chi connectivity index (χ0n) is 14.7. The largest absolute Gasteiger partial charge is 0.389 e. The van der Waals surface area contributed by atoms with Crippen molar-refractivity contribution in [3.05, 3.63) is 36.2 Å². The number of rotatable bonds is 4. The van der Waals surface area contributed by atoms with Gasteiger partial charge in [0.25, 0.3) is 0 Å². The Kier molecular flexibility index (Phi) is 4.86. The summed E-state index contributed by atoms with van der Waals surface area (Å²) in [5.74, 6) is 1.77. The molecule has 25 heavy (non-hydrogen) atoms. The molecule has 2 heterocycles. The Labute approximate surface area is 149 Å². The Morgan fingerprint density at radius 2 is 1.80 bits per heavy atom. The van der Waals surface area contributed by atoms with Gasteiger partial charge >= 0.3 is 0 Å². The molecule has 0 amide bonds. The second-order valence-electron chi connectivity index (χ2n) is 7.66. The maximum atomic E-state index is 10.8. The van der Waals surface area contributed by atoms with Gasteiger partial charge in [-0.2, -0.15) is 4.98 Å². The minimum atomic E-state index is -0.462. The van der Waals surface area contributed by atoms with Gasteiger partial charge in [0.05, 0.1) is 5.60 Å². The van der Waals surface area contributed by atoms with Crippen LogP contribution >= 0.6 is 0 Å². The highest BCUT2D eigenvalue weighted by Gasteiger charge is 2.33. The number of β-amino-alcohol motifs (C(OH)–C–C–N with tert-alkyl or cyclic N) is 1. The van der Waals surface area contributed by atoms with Gasteiger partial charge < -0.3 is 14.5 Å². The summed E-state index contributed by atoms with van der Waals surface area (Å²) in [4.78, 5) is 7.03. The third kappa shape index (κ3) is 3.93. The van der Waals surface area contributed by atoms with E-state index in [-0.39, 0.29) is 0 Å². The Balaban J connectivity index is 1.34. The van der Waals surface area contributed by atoms with Crippen molar-refractivity contribution in [1.29, 1.82) is 0 Å². The van der Waals surface area contributed by atoms with Crippen molar-refractivity contribution in [2.45, 2.75) is 56.5 Å². The van der Waals surface area contributed by atoms with E-state index < -0.39 is 5.60 Å². The molecule has 0 unspecified atom stereocenters. The fourth-order valence-corrected chi connectivity index (χ4v) is 4.23. The second kappa shape index (κ2) is 7.26. The van der Waals surface area contributed by atoms with Crippen LogP contribution in [0.15, 0.2) is 34.9 Å². The van der Waals surface area contributed by atoms with E-state index in [1.165, 1.54) is 6.42 Å². The van der Waals surface area contributed by atoms with E-state index in [1.807, 2.05) is 30.3 Å². The van der Waals surface area contributed by atoms with E-state index in [2.05, 4.69) is 15.0 Å². The molecule has 134 valence electrons. The summed E-state index contributed by atoms with van der Waals surface area (Å²) in [5.41, 5.74) is 0.533. The first-order valence-corrected chi connectivity index (χ1v) is 9.56. The molecule has 1 N–H and O–H groups in total. The van der Waals surface area contributed by atoms with Crippen molar-refractivity contribution < 1.29 is 9.63 Å². The van der Waals surface area contributed by atoms with Crippen LogP contribution in [0.3, 0.4) is 0 Å². The third-order valence-electron chi connectivity index (χ3n) is 5.71. The first kappa shape index (κ1) is 16.7. The predicted molar refractivity (Wildman–Crippen MR) is 96.2 cm³/mol. The summed E-state index contributed by atoms with van der Waals surface area (Å²) in [6.45, 7) is 2.81. The summed E-state index contributed by atoms with van der Waals surface area (Å²) < 4.78 is 5.53. The van der Waals surface area contributed by atoms with Crippen LogP contribution in [0.4, 0.5) is 0 Å². The van der Waals surface area contributed by atoms with Gasteiger partial charge in [-0.1, -0.05) is 54.8 Å². The average Bonchev–Trinajstić information content (AvgIpc) is 3.13. The SMILES string of the molecule is OC1(CN2CCC(c3nc(-c4ccccc4)no3)CC2)CCCCC1. The first-order valence-electron chi connectivity index (χ1n) is 9.56. The van der Waals surface area contributed by atoms with Crippen LogP contribution in [0.25, 0.3) is 11.4 Å². The molecule has 0 radical (unpaired) electrons. The smallest absolute Gasteiger partial charge is 0.230 e. The molecule has 1 saturated carbocycles. The first-order chi connectivity index (χ1) is 12.2. The van der Waals surface area contributed by atoms with Crippen LogP contribution < -0.4 is 0 Å². The van der Waals surface area contributed by atoms with E-state index in [0.29, 0.717) is 11.7 Å². The lowest BCUT2D eigenvalue weighted by atomic mass is 9.84. The van der Waals surface area contributed by atoms with Crippen molar-refractivity contribution >= 4 is 0 Å². The standard InChI is InChI=1S/C20H27N3O2/c24-20(11-5-2-6-12-20)15-23-13-9-17(10-14-23)19-21-18(22-25-19)16-7-3-1-4-8-16/h1,3-4,7-8,17,24H,2,5-6,9-15H2. The lowest BCUT2D eigenvalue weighted by Gasteiger charge is -2.39. The lowest BCUT2D eigenvalue weighted by molar-refractivity contribution is -0.0312. The van der Waals surface area contributed by atoms with Gasteiger partial charge in [-0.05, 0) is 38.8 Å². The average molecular weight is 341 g/mol. The van der Waals surface area contributed by atoms with Gasteiger partial charge in [0, 0.05) is 18.0 Å². The zero-order chi connectivity index (χ0) is 17.1. The molecule has 2 fully saturated rings. The molecule has 4 rings (SSSR count). The van der Waals surface area contributed by atoms with Gasteiger partial charge in [-0.3, -0.25) is 0 Å². The van der Waals surface area contributed by atoms with E-state index in [4.69, 9.17) is 4.52 Å². The number of hydrogen-bond acceptors (Lipinski definition) is 5. The van der Waals surface area contributed by atoms with E-state index in [0.717, 1.165) is 69.6 Å². The van der Waals surface area contributed by atoms with Crippen LogP contribution in [0.5, 0.6) is 0 Å². The van der Waals surface area contributed by atoms with Crippen LogP contribution in [0.2, 0.25) is 0 Å². The summed E-state index contributed by atoms with van der Waals surface area (Å²) >= 11 is 0. The Morgan fingerprint density at radius 1 is 1.08 bits per heavy atom. The highest BCUT2D eigenvalue weighted by atomic mass is 16.5. The quantitative estimate of drug-likeness (QED) is 0.920. The molecular weight excluding hydrogens is 314 g/mol. The lowest BCUT2D eigenvalue weighted by Crippen LogP contribution is -2.46. The maximum Gasteiger partial charge on any atom is 0.230 e. The number of piperidine rings is 1. The van der Waals surface area contributed by atoms with Crippen molar-refractivity contribution in [2.75, 3.05) is 19.6 Å². The van der Waals surface area contributed by atoms with Crippen molar-refractivity contribution in [1.82, 2.24) is 15.0 Å². The zero-order valence-corrected chi connectivity index (χ0v) is 14.7. The van der Waals surface area contributed by atoms with Crippen LogP contribution in [-0.4, -0.2) is 45.4 Å². The molecule has 0 bridgehead atoms. The normalized spacial score (nSPS) is 22.1. The van der Waals surface area contributed by atoms with Gasteiger partial charge in [-0.15, -0.1) is 0 Å². The van der Waals surface area contributed by atoms with E-state index in [9.17, 15) is 5.11 Å². The molecular formula is C20H27N3O2. The molecule has 1 aromatic carbocycles. The Morgan fingerprint density at radius 3 is 2.52 bits per heavy atom. The number of aliphatic hydroxyl groups is 1. The summed E-state index contributed by atoms with van der Waals surface area (Å²) in [6, 6.07) is 9.96. The molecule has 2 aliphatic rings. The molecule has 5 heteroatoms. The Bertz CT molecular complexity index is 671. The van der Waals surface area contributed by atoms with Gasteiger partial charge in [-0.25, -0.2) is 0 Å². The molecule has 1 aliphatic carbocycles. The topological polar surface area (TPSA) is 62.4 Å². The van der Waals surface area contributed by atoms with Crippen molar-refractivity contribution in [2.24, 2.45) is 0 Å². The highest BCUT2D eigenvalue weighted by Crippen LogP contribution is 2.32. The minimum absolute atomic E-state index is 0.335. The van der Waals surface area contributed by atoms with Gasteiger partial charge in [0.2, 0.25) is 11.7 Å². The van der Waals surface area contributed by atoms with Gasteiger partial charge in [0.1, 0.15) is 0 Å². The second-order valence-corrected chi connectivity index (χ2v) is 7.66. The fourth-order valence-electron chi connectivity index (χ4n) is 4.23. The summed E-state index contributed by atoms with van der Waals surface area (Å²) in [5, 5.41) is 14.9. The van der Waals surface area contributed by atoms with Crippen molar-refractivity contribution in [3.63, 3.8) is 0 Å². The number of benzene rings is 1. The van der Waals surface area contributed by atoms with Crippen molar-refractivity contribution in [3.8, 4) is 11.4 Å². The number of likely N-dealkylation sites (tertiary alicyclic amines) is 1. The number of hydrogen-bond donors (Lipinski definition) is 1. The third-order valence-corrected chi connectivity index (χ3v) is 5.71. The predicted octanol–water partition coefficient (Wildman–Crippen LogP) is 3.61. The number of nitrogens with zero attached hydrogens (tertiary/aromatic N) is 3. The summed E-state index contributed by atoms with van der Waals surface area (Å²) in [7, 11) is 0. The molecule has 1 aromatic heterocycles. The van der Waals surface area contributed by atoms with E-state index >= 15 is 0 Å². The molecule has 1 saturated heterocycles. The molecule has 0 atom stereocenters. The van der Waals surface area contributed by atoms with Crippen LogP contribution in [0, 0.1) is 0 Å².